The van der Waals surface area contributed by atoms with Gasteiger partial charge in [0.2, 0.25) is 0 Å². The first-order valence-corrected chi connectivity index (χ1v) is 6.78. The minimum atomic E-state index is -0.381. The average Bonchev–Trinajstić information content (AvgIpc) is 2.90. The number of hydrogen-bond acceptors (Lipinski definition) is 4. The van der Waals surface area contributed by atoms with Crippen LogP contribution in [0.1, 0.15) is 24.9 Å². The maximum absolute atomic E-state index is 10.9. The third kappa shape index (κ3) is 2.63. The molecular formula is C16H15N3O2. The predicted octanol–water partition coefficient (Wildman–Crippen LogP) is 3.92. The highest BCUT2D eigenvalue weighted by Gasteiger charge is 2.27. The van der Waals surface area contributed by atoms with Gasteiger partial charge in [-0.15, -0.1) is 0 Å². The van der Waals surface area contributed by atoms with Gasteiger partial charge in [-0.3, -0.25) is 15.1 Å². The molecule has 0 saturated heterocycles. The molecule has 0 bridgehead atoms. The molecule has 1 atom stereocenters. The average molecular weight is 281 g/mol. The topological polar surface area (TPSA) is 58.7 Å². The lowest BCUT2D eigenvalue weighted by molar-refractivity contribution is -0.384. The van der Waals surface area contributed by atoms with Gasteiger partial charge in [0, 0.05) is 24.3 Å². The Morgan fingerprint density at radius 3 is 2.67 bits per heavy atom. The van der Waals surface area contributed by atoms with Crippen LogP contribution in [0.25, 0.3) is 0 Å². The predicted molar refractivity (Wildman–Crippen MR) is 82.5 cm³/mol. The van der Waals surface area contributed by atoms with Crippen LogP contribution in [0.3, 0.4) is 0 Å². The Morgan fingerprint density at radius 1 is 1.19 bits per heavy atom. The smallest absolute Gasteiger partial charge is 0.258 e. The molecule has 0 fully saturated rings. The molecule has 0 saturated carbocycles. The van der Waals surface area contributed by atoms with Gasteiger partial charge in [-0.1, -0.05) is 36.4 Å². The van der Waals surface area contributed by atoms with E-state index in [1.54, 1.807) is 12.1 Å². The Hall–Kier alpha value is -2.69. The van der Waals surface area contributed by atoms with Crippen molar-refractivity contribution in [3.8, 4) is 0 Å². The van der Waals surface area contributed by atoms with Crippen molar-refractivity contribution in [2.45, 2.75) is 19.4 Å². The van der Waals surface area contributed by atoms with Crippen molar-refractivity contribution in [1.29, 1.82) is 0 Å². The Bertz CT molecular complexity index is 698. The number of benzene rings is 2. The molecule has 1 aliphatic heterocycles. The molecule has 0 unspecified atom stereocenters. The van der Waals surface area contributed by atoms with Crippen LogP contribution in [-0.4, -0.2) is 10.6 Å². The summed E-state index contributed by atoms with van der Waals surface area (Å²) in [5.41, 5.74) is 3.01. The molecular weight excluding hydrogens is 266 g/mol. The van der Waals surface area contributed by atoms with Crippen molar-refractivity contribution in [3.05, 3.63) is 70.3 Å². The number of rotatable bonds is 3. The summed E-state index contributed by atoms with van der Waals surface area (Å²) in [5.74, 6) is 0. The van der Waals surface area contributed by atoms with Gasteiger partial charge in [-0.05, 0) is 18.6 Å². The summed E-state index contributed by atoms with van der Waals surface area (Å²) in [5, 5.41) is 17.4. The summed E-state index contributed by atoms with van der Waals surface area (Å²) in [4.78, 5) is 10.6. The van der Waals surface area contributed by atoms with Crippen LogP contribution < -0.4 is 5.01 Å². The minimum Gasteiger partial charge on any atom is -0.258 e. The van der Waals surface area contributed by atoms with Gasteiger partial charge >= 0.3 is 0 Å². The number of non-ortho nitro benzene ring substituents is 1. The normalized spacial score (nSPS) is 17.7. The van der Waals surface area contributed by atoms with Gasteiger partial charge < -0.3 is 0 Å². The quantitative estimate of drug-likeness (QED) is 0.632. The first kappa shape index (κ1) is 13.3. The van der Waals surface area contributed by atoms with Crippen LogP contribution in [0, 0.1) is 10.1 Å². The van der Waals surface area contributed by atoms with Gasteiger partial charge in [-0.2, -0.15) is 5.10 Å². The maximum atomic E-state index is 10.9. The number of nitro benzene ring substituents is 1. The fraction of sp³-hybridized carbons (Fsp3) is 0.188. The molecule has 0 aliphatic carbocycles. The van der Waals surface area contributed by atoms with Crippen LogP contribution in [0.15, 0.2) is 59.7 Å². The zero-order valence-electron chi connectivity index (χ0n) is 11.6. The molecule has 106 valence electrons. The fourth-order valence-electron chi connectivity index (χ4n) is 2.58. The number of hydrogen-bond donors (Lipinski definition) is 0. The molecule has 3 rings (SSSR count). The lowest BCUT2D eigenvalue weighted by Crippen LogP contribution is -2.18. The van der Waals surface area contributed by atoms with Crippen molar-refractivity contribution >= 4 is 17.1 Å². The van der Waals surface area contributed by atoms with E-state index < -0.39 is 0 Å². The van der Waals surface area contributed by atoms with E-state index >= 15 is 0 Å². The van der Waals surface area contributed by atoms with Gasteiger partial charge in [0.25, 0.3) is 5.69 Å². The Morgan fingerprint density at radius 2 is 1.95 bits per heavy atom. The highest BCUT2D eigenvalue weighted by Crippen LogP contribution is 2.36. The highest BCUT2D eigenvalue weighted by atomic mass is 16.6. The third-order valence-electron chi connectivity index (χ3n) is 3.55. The van der Waals surface area contributed by atoms with Crippen LogP contribution in [0.5, 0.6) is 0 Å². The number of hydrazone groups is 1. The van der Waals surface area contributed by atoms with Crippen LogP contribution >= 0.6 is 0 Å². The van der Waals surface area contributed by atoms with Gasteiger partial charge in [-0.25, -0.2) is 0 Å². The fourth-order valence-corrected chi connectivity index (χ4v) is 2.58. The molecule has 0 spiro atoms. The van der Waals surface area contributed by atoms with Crippen LogP contribution in [-0.2, 0) is 0 Å². The van der Waals surface area contributed by atoms with Gasteiger partial charge in [0.15, 0.2) is 0 Å². The number of nitrogens with zero attached hydrogens (tertiary/aromatic N) is 3. The summed E-state index contributed by atoms with van der Waals surface area (Å²) in [7, 11) is 0. The largest absolute Gasteiger partial charge is 0.271 e. The summed E-state index contributed by atoms with van der Waals surface area (Å²) < 4.78 is 0. The zero-order chi connectivity index (χ0) is 14.8. The molecule has 2 aromatic rings. The van der Waals surface area contributed by atoms with Crippen molar-refractivity contribution in [2.75, 3.05) is 5.01 Å². The molecule has 5 heteroatoms. The van der Waals surface area contributed by atoms with E-state index in [1.165, 1.54) is 6.07 Å². The molecule has 21 heavy (non-hydrogen) atoms. The lowest BCUT2D eigenvalue weighted by Gasteiger charge is -2.23. The summed E-state index contributed by atoms with van der Waals surface area (Å²) in [6, 6.07) is 16.8. The third-order valence-corrected chi connectivity index (χ3v) is 3.55. The van der Waals surface area contributed by atoms with E-state index in [-0.39, 0.29) is 16.7 Å². The molecule has 2 aromatic carbocycles. The SMILES string of the molecule is CC1=NN(c2cccc([N+](=O)[O-])c2)[C@H](c2ccccc2)C1. The molecule has 0 N–H and O–H groups in total. The summed E-state index contributed by atoms with van der Waals surface area (Å²) in [6.07, 6.45) is 0.826. The van der Waals surface area contributed by atoms with Crippen molar-refractivity contribution < 1.29 is 4.92 Å². The summed E-state index contributed by atoms with van der Waals surface area (Å²) in [6.45, 7) is 1.98. The number of nitro groups is 1. The highest BCUT2D eigenvalue weighted by molar-refractivity contribution is 5.86. The second-order valence-electron chi connectivity index (χ2n) is 5.09. The van der Waals surface area contributed by atoms with E-state index in [0.29, 0.717) is 0 Å². The summed E-state index contributed by atoms with van der Waals surface area (Å²) >= 11 is 0. The number of anilines is 1. The van der Waals surface area contributed by atoms with Crippen molar-refractivity contribution in [1.82, 2.24) is 0 Å². The molecule has 0 radical (unpaired) electrons. The standard InChI is InChI=1S/C16H15N3O2/c1-12-10-16(13-6-3-2-4-7-13)18(17-12)14-8-5-9-15(11-14)19(20)21/h2-9,11,16H,10H2,1H3/t16-/m0/s1. The maximum Gasteiger partial charge on any atom is 0.271 e. The second-order valence-corrected chi connectivity index (χ2v) is 5.09. The minimum absolute atomic E-state index is 0.0825. The molecule has 0 amide bonds. The Labute approximate surface area is 122 Å². The van der Waals surface area contributed by atoms with E-state index in [2.05, 4.69) is 17.2 Å². The Kier molecular flexibility index (Phi) is 3.39. The second kappa shape index (κ2) is 5.36. The van der Waals surface area contributed by atoms with E-state index in [9.17, 15) is 10.1 Å². The van der Waals surface area contributed by atoms with Crippen molar-refractivity contribution in [2.24, 2.45) is 5.10 Å². The van der Waals surface area contributed by atoms with Crippen LogP contribution in [0.2, 0.25) is 0 Å². The van der Waals surface area contributed by atoms with E-state index in [0.717, 1.165) is 23.4 Å². The first-order chi connectivity index (χ1) is 10.1. The monoisotopic (exact) mass is 281 g/mol. The molecule has 1 aliphatic rings. The van der Waals surface area contributed by atoms with E-state index in [1.807, 2.05) is 36.2 Å². The molecule has 1 heterocycles. The van der Waals surface area contributed by atoms with Gasteiger partial charge in [0.1, 0.15) is 0 Å². The van der Waals surface area contributed by atoms with E-state index in [4.69, 9.17) is 0 Å². The van der Waals surface area contributed by atoms with Crippen molar-refractivity contribution in [3.63, 3.8) is 0 Å². The lowest BCUT2D eigenvalue weighted by atomic mass is 10.0. The first-order valence-electron chi connectivity index (χ1n) is 6.78. The molecule has 0 aromatic heterocycles. The van der Waals surface area contributed by atoms with Gasteiger partial charge in [0.05, 0.1) is 16.7 Å². The molecule has 5 nitrogen and oxygen atoms in total. The Balaban J connectivity index is 1.99. The van der Waals surface area contributed by atoms with Crippen LogP contribution in [0.4, 0.5) is 11.4 Å². The zero-order valence-corrected chi connectivity index (χ0v) is 11.6.